The number of hydrogen-bond donors (Lipinski definition) is 3. The van der Waals surface area contributed by atoms with Gasteiger partial charge in [0.05, 0.1) is 23.8 Å². The van der Waals surface area contributed by atoms with Gasteiger partial charge in [-0.05, 0) is 43.5 Å². The molecule has 1 heterocycles. The first-order chi connectivity index (χ1) is 13.4. The molecule has 3 N–H and O–H groups in total. The minimum absolute atomic E-state index is 0.0515. The van der Waals surface area contributed by atoms with Crippen LogP contribution in [0.25, 0.3) is 10.9 Å². The molecule has 1 aromatic heterocycles. The molecule has 1 aliphatic rings. The van der Waals surface area contributed by atoms with Gasteiger partial charge in [-0.2, -0.15) is 0 Å². The Morgan fingerprint density at radius 1 is 1.25 bits per heavy atom. The van der Waals surface area contributed by atoms with E-state index in [4.69, 9.17) is 4.74 Å². The fourth-order valence-electron chi connectivity index (χ4n) is 3.77. The van der Waals surface area contributed by atoms with E-state index >= 15 is 0 Å². The van der Waals surface area contributed by atoms with Gasteiger partial charge >= 0.3 is 0 Å². The number of aliphatic hydroxyl groups is 1. The van der Waals surface area contributed by atoms with Crippen molar-refractivity contribution >= 4 is 22.5 Å². The van der Waals surface area contributed by atoms with Crippen LogP contribution in [0.2, 0.25) is 0 Å². The van der Waals surface area contributed by atoms with Gasteiger partial charge in [0.1, 0.15) is 5.75 Å². The standard InChI is InChI=1S/C23H26N2O3/c1-15-3-5-16(6-4-15)9-10-28-18-7-8-20-19(11-18)21(14-24-20)25-22(27)23(2)12-17(26)13-23/h3-8,11,14,17,24,26H,9-10,12-13H2,1-2H3,(H,25,27)/t17-,23+. The zero-order valence-corrected chi connectivity index (χ0v) is 16.3. The summed E-state index contributed by atoms with van der Waals surface area (Å²) in [6.45, 7) is 4.57. The number of carbonyl (C=O) groups excluding carboxylic acids is 1. The molecule has 1 saturated carbocycles. The van der Waals surface area contributed by atoms with E-state index in [1.54, 1.807) is 6.20 Å². The number of benzene rings is 2. The lowest BCUT2D eigenvalue weighted by molar-refractivity contribution is -0.136. The van der Waals surface area contributed by atoms with Gasteiger partial charge in [0, 0.05) is 23.5 Å². The smallest absolute Gasteiger partial charge is 0.230 e. The van der Waals surface area contributed by atoms with E-state index < -0.39 is 5.41 Å². The largest absolute Gasteiger partial charge is 0.493 e. The molecule has 2 aromatic carbocycles. The summed E-state index contributed by atoms with van der Waals surface area (Å²) in [6.07, 6.45) is 3.29. The second-order valence-corrected chi connectivity index (χ2v) is 8.07. The van der Waals surface area contributed by atoms with Crippen LogP contribution in [0.3, 0.4) is 0 Å². The Balaban J connectivity index is 1.42. The molecule has 0 atom stereocenters. The van der Waals surface area contributed by atoms with Crippen molar-refractivity contribution in [2.24, 2.45) is 5.41 Å². The van der Waals surface area contributed by atoms with E-state index in [1.165, 1.54) is 11.1 Å². The number of aryl methyl sites for hydroxylation is 1. The summed E-state index contributed by atoms with van der Waals surface area (Å²) in [4.78, 5) is 15.8. The normalized spacial score (nSPS) is 21.3. The Bertz CT molecular complexity index is 985. The molecule has 0 saturated heterocycles. The van der Waals surface area contributed by atoms with Crippen LogP contribution in [-0.4, -0.2) is 28.7 Å². The fourth-order valence-corrected chi connectivity index (χ4v) is 3.77. The van der Waals surface area contributed by atoms with Crippen LogP contribution in [0.1, 0.15) is 30.9 Å². The predicted octanol–water partition coefficient (Wildman–Crippen LogP) is 4.20. The van der Waals surface area contributed by atoms with Crippen LogP contribution in [0, 0.1) is 12.3 Å². The van der Waals surface area contributed by atoms with E-state index in [9.17, 15) is 9.90 Å². The van der Waals surface area contributed by atoms with E-state index in [0.29, 0.717) is 19.4 Å². The average Bonchev–Trinajstić information content (AvgIpc) is 3.04. The number of amides is 1. The number of nitrogens with one attached hydrogen (secondary N) is 2. The summed E-state index contributed by atoms with van der Waals surface area (Å²) in [7, 11) is 0. The summed E-state index contributed by atoms with van der Waals surface area (Å²) in [5.41, 5.74) is 3.69. The zero-order valence-electron chi connectivity index (χ0n) is 16.3. The Labute approximate surface area is 164 Å². The molecule has 3 aromatic rings. The highest BCUT2D eigenvalue weighted by Crippen LogP contribution is 2.42. The van der Waals surface area contributed by atoms with Crippen molar-refractivity contribution in [3.8, 4) is 5.75 Å². The first-order valence-corrected chi connectivity index (χ1v) is 9.72. The predicted molar refractivity (Wildman–Crippen MR) is 111 cm³/mol. The highest BCUT2D eigenvalue weighted by atomic mass is 16.5. The molecule has 0 radical (unpaired) electrons. The maximum atomic E-state index is 12.6. The van der Waals surface area contributed by atoms with E-state index in [2.05, 4.69) is 41.5 Å². The highest BCUT2D eigenvalue weighted by Gasteiger charge is 2.45. The molecule has 146 valence electrons. The highest BCUT2D eigenvalue weighted by molar-refractivity contribution is 6.04. The lowest BCUT2D eigenvalue weighted by atomic mass is 9.67. The van der Waals surface area contributed by atoms with Crippen LogP contribution >= 0.6 is 0 Å². The van der Waals surface area contributed by atoms with Crippen molar-refractivity contribution in [2.75, 3.05) is 11.9 Å². The van der Waals surface area contributed by atoms with E-state index in [1.807, 2.05) is 25.1 Å². The quantitative estimate of drug-likeness (QED) is 0.602. The van der Waals surface area contributed by atoms with Crippen molar-refractivity contribution < 1.29 is 14.6 Å². The van der Waals surface area contributed by atoms with Gasteiger partial charge in [0.15, 0.2) is 0 Å². The number of rotatable bonds is 6. The second kappa shape index (κ2) is 7.32. The number of anilines is 1. The first-order valence-electron chi connectivity index (χ1n) is 9.72. The summed E-state index contributed by atoms with van der Waals surface area (Å²) in [6, 6.07) is 14.3. The molecule has 28 heavy (non-hydrogen) atoms. The van der Waals surface area contributed by atoms with Crippen molar-refractivity contribution in [3.05, 3.63) is 59.8 Å². The molecule has 4 rings (SSSR count). The molecule has 0 spiro atoms. The number of aromatic amines is 1. The maximum absolute atomic E-state index is 12.6. The van der Waals surface area contributed by atoms with Crippen LogP contribution in [0.5, 0.6) is 5.75 Å². The number of aromatic nitrogens is 1. The van der Waals surface area contributed by atoms with E-state index in [0.717, 1.165) is 28.8 Å². The molecule has 5 nitrogen and oxygen atoms in total. The molecule has 0 aliphatic heterocycles. The third kappa shape index (κ3) is 3.76. The summed E-state index contributed by atoms with van der Waals surface area (Å²) in [5.74, 6) is 0.726. The van der Waals surface area contributed by atoms with Crippen molar-refractivity contribution in [1.29, 1.82) is 0 Å². The van der Waals surface area contributed by atoms with Gasteiger partial charge in [-0.15, -0.1) is 0 Å². The molecule has 1 fully saturated rings. The lowest BCUT2D eigenvalue weighted by Gasteiger charge is -2.40. The first kappa shape index (κ1) is 18.6. The monoisotopic (exact) mass is 378 g/mol. The number of ether oxygens (including phenoxy) is 1. The second-order valence-electron chi connectivity index (χ2n) is 8.07. The lowest BCUT2D eigenvalue weighted by Crippen LogP contribution is -2.47. The molecule has 1 aliphatic carbocycles. The third-order valence-electron chi connectivity index (χ3n) is 5.60. The Kier molecular flexibility index (Phi) is 4.85. The number of carbonyl (C=O) groups is 1. The molecule has 0 bridgehead atoms. The number of fused-ring (bicyclic) bond motifs is 1. The maximum Gasteiger partial charge on any atom is 0.230 e. The van der Waals surface area contributed by atoms with Crippen molar-refractivity contribution in [3.63, 3.8) is 0 Å². The van der Waals surface area contributed by atoms with Gasteiger partial charge in [-0.3, -0.25) is 4.79 Å². The minimum Gasteiger partial charge on any atom is -0.493 e. The average molecular weight is 378 g/mol. The SMILES string of the molecule is Cc1ccc(CCOc2ccc3[nH]cc(NC(=O)[C@]4(C)C[C@H](O)C4)c3c2)cc1. The molecular weight excluding hydrogens is 352 g/mol. The van der Waals surface area contributed by atoms with Gasteiger partial charge in [-0.25, -0.2) is 0 Å². The number of aliphatic hydroxyl groups excluding tert-OH is 1. The third-order valence-corrected chi connectivity index (χ3v) is 5.60. The van der Waals surface area contributed by atoms with E-state index in [-0.39, 0.29) is 12.0 Å². The van der Waals surface area contributed by atoms with Gasteiger partial charge < -0.3 is 20.1 Å². The van der Waals surface area contributed by atoms with Crippen LogP contribution in [0.4, 0.5) is 5.69 Å². The number of hydrogen-bond acceptors (Lipinski definition) is 3. The van der Waals surface area contributed by atoms with Crippen molar-refractivity contribution in [2.45, 2.75) is 39.2 Å². The topological polar surface area (TPSA) is 74.3 Å². The molecular formula is C23H26N2O3. The van der Waals surface area contributed by atoms with Gasteiger partial charge in [0.2, 0.25) is 5.91 Å². The van der Waals surface area contributed by atoms with Crippen LogP contribution < -0.4 is 10.1 Å². The fraction of sp³-hybridized carbons (Fsp3) is 0.348. The Morgan fingerprint density at radius 3 is 2.71 bits per heavy atom. The summed E-state index contributed by atoms with van der Waals surface area (Å²) < 4.78 is 5.93. The Hall–Kier alpha value is -2.79. The summed E-state index contributed by atoms with van der Waals surface area (Å²) in [5, 5.41) is 13.5. The minimum atomic E-state index is -0.495. The van der Waals surface area contributed by atoms with Gasteiger partial charge in [-0.1, -0.05) is 36.8 Å². The van der Waals surface area contributed by atoms with Crippen molar-refractivity contribution in [1.82, 2.24) is 4.98 Å². The summed E-state index contributed by atoms with van der Waals surface area (Å²) >= 11 is 0. The molecule has 0 unspecified atom stereocenters. The number of H-pyrrole nitrogens is 1. The van der Waals surface area contributed by atoms with Gasteiger partial charge in [0.25, 0.3) is 0 Å². The molecule has 1 amide bonds. The van der Waals surface area contributed by atoms with Crippen LogP contribution in [-0.2, 0) is 11.2 Å². The zero-order chi connectivity index (χ0) is 19.7. The van der Waals surface area contributed by atoms with Crippen LogP contribution in [0.15, 0.2) is 48.7 Å². The Morgan fingerprint density at radius 2 is 2.00 bits per heavy atom. The molecule has 5 heteroatoms.